The van der Waals surface area contributed by atoms with Gasteiger partial charge in [0.15, 0.2) is 0 Å². The number of aryl methyl sites for hydroxylation is 1. The van der Waals surface area contributed by atoms with Crippen molar-refractivity contribution in [1.82, 2.24) is 14.9 Å². The van der Waals surface area contributed by atoms with E-state index in [1.165, 1.54) is 0 Å². The van der Waals surface area contributed by atoms with Gasteiger partial charge in [-0.05, 0) is 37.1 Å². The Hall–Kier alpha value is -2.43. The molecule has 3 heterocycles. The highest BCUT2D eigenvalue weighted by molar-refractivity contribution is 5.76. The smallest absolute Gasteiger partial charge is 0.223 e. The van der Waals surface area contributed by atoms with Crippen molar-refractivity contribution in [1.29, 1.82) is 0 Å². The zero-order valence-electron chi connectivity index (χ0n) is 13.3. The fourth-order valence-corrected chi connectivity index (χ4v) is 2.88. The van der Waals surface area contributed by atoms with Crippen molar-refractivity contribution in [3.63, 3.8) is 0 Å². The lowest BCUT2D eigenvalue weighted by molar-refractivity contribution is -0.130. The van der Waals surface area contributed by atoms with Gasteiger partial charge in [-0.2, -0.15) is 0 Å². The molecule has 5 heteroatoms. The van der Waals surface area contributed by atoms with Crippen LogP contribution >= 0.6 is 0 Å². The molecule has 0 aliphatic carbocycles. The molecule has 0 N–H and O–H groups in total. The molecule has 120 valence electrons. The van der Waals surface area contributed by atoms with Crippen molar-refractivity contribution >= 4 is 11.7 Å². The maximum absolute atomic E-state index is 12.4. The lowest BCUT2D eigenvalue weighted by Crippen LogP contribution is -2.35. The van der Waals surface area contributed by atoms with E-state index in [2.05, 4.69) is 14.9 Å². The van der Waals surface area contributed by atoms with Crippen LogP contribution in [-0.4, -0.2) is 47.0 Å². The number of rotatable bonds is 4. The molecule has 0 unspecified atom stereocenters. The minimum absolute atomic E-state index is 0.221. The van der Waals surface area contributed by atoms with E-state index in [9.17, 15) is 4.79 Å². The fraction of sp³-hybridized carbons (Fsp3) is 0.389. The Morgan fingerprint density at radius 2 is 1.78 bits per heavy atom. The van der Waals surface area contributed by atoms with Gasteiger partial charge in [-0.1, -0.05) is 12.1 Å². The quantitative estimate of drug-likeness (QED) is 0.868. The third-order valence-electron chi connectivity index (χ3n) is 4.14. The van der Waals surface area contributed by atoms with Crippen LogP contribution in [0, 0.1) is 0 Å². The molecule has 0 bridgehead atoms. The van der Waals surface area contributed by atoms with E-state index in [0.717, 1.165) is 44.1 Å². The van der Waals surface area contributed by atoms with Crippen LogP contribution in [0.3, 0.4) is 0 Å². The molecule has 1 fully saturated rings. The molecule has 0 atom stereocenters. The molecule has 1 amide bonds. The first-order valence-corrected chi connectivity index (χ1v) is 8.16. The Morgan fingerprint density at radius 1 is 0.957 bits per heavy atom. The highest BCUT2D eigenvalue weighted by Crippen LogP contribution is 2.13. The zero-order valence-corrected chi connectivity index (χ0v) is 13.3. The minimum atomic E-state index is 0.221. The van der Waals surface area contributed by atoms with Crippen LogP contribution in [0.4, 0.5) is 5.82 Å². The number of hydrogen-bond donors (Lipinski definition) is 0. The Balaban J connectivity index is 1.52. The first-order valence-electron chi connectivity index (χ1n) is 8.16. The maximum atomic E-state index is 12.4. The van der Waals surface area contributed by atoms with Gasteiger partial charge in [0, 0.05) is 50.7 Å². The molecule has 3 rings (SSSR count). The molecule has 0 spiro atoms. The maximum Gasteiger partial charge on any atom is 0.223 e. The molecular formula is C18H22N4O. The summed E-state index contributed by atoms with van der Waals surface area (Å²) in [5.74, 6) is 1.22. The van der Waals surface area contributed by atoms with Crippen LogP contribution in [0.25, 0.3) is 0 Å². The molecule has 23 heavy (non-hydrogen) atoms. The molecule has 2 aromatic rings. The van der Waals surface area contributed by atoms with Crippen LogP contribution in [0.2, 0.25) is 0 Å². The first-order chi connectivity index (χ1) is 11.3. The first kappa shape index (κ1) is 15.5. The summed E-state index contributed by atoms with van der Waals surface area (Å²) in [6.45, 7) is 3.37. The number of carbonyl (C=O) groups is 1. The Labute approximate surface area is 137 Å². The zero-order chi connectivity index (χ0) is 15.9. The Kier molecular flexibility index (Phi) is 5.19. The number of hydrogen-bond acceptors (Lipinski definition) is 4. The number of pyridine rings is 2. The number of anilines is 1. The van der Waals surface area contributed by atoms with E-state index >= 15 is 0 Å². The summed E-state index contributed by atoms with van der Waals surface area (Å²) in [6, 6.07) is 11.8. The second-order valence-electron chi connectivity index (χ2n) is 5.73. The van der Waals surface area contributed by atoms with Gasteiger partial charge >= 0.3 is 0 Å². The van der Waals surface area contributed by atoms with Gasteiger partial charge in [-0.3, -0.25) is 9.78 Å². The highest BCUT2D eigenvalue weighted by Gasteiger charge is 2.19. The third kappa shape index (κ3) is 4.28. The SMILES string of the molecule is O=C(CCc1ccccn1)N1CCCN(c2ccccn2)CC1. The van der Waals surface area contributed by atoms with Crippen molar-refractivity contribution in [2.45, 2.75) is 19.3 Å². The van der Waals surface area contributed by atoms with E-state index in [-0.39, 0.29) is 5.91 Å². The van der Waals surface area contributed by atoms with Gasteiger partial charge in [0.1, 0.15) is 5.82 Å². The van der Waals surface area contributed by atoms with Crippen molar-refractivity contribution in [2.75, 3.05) is 31.1 Å². The second-order valence-corrected chi connectivity index (χ2v) is 5.73. The van der Waals surface area contributed by atoms with Gasteiger partial charge in [0.2, 0.25) is 5.91 Å². The van der Waals surface area contributed by atoms with Crippen molar-refractivity contribution in [2.24, 2.45) is 0 Å². The van der Waals surface area contributed by atoms with Crippen molar-refractivity contribution in [3.05, 3.63) is 54.5 Å². The van der Waals surface area contributed by atoms with E-state index < -0.39 is 0 Å². The number of aromatic nitrogens is 2. The van der Waals surface area contributed by atoms with Crippen LogP contribution in [0.5, 0.6) is 0 Å². The van der Waals surface area contributed by atoms with E-state index in [1.807, 2.05) is 47.5 Å². The molecule has 1 aliphatic heterocycles. The molecule has 1 saturated heterocycles. The molecule has 0 radical (unpaired) electrons. The van der Waals surface area contributed by atoms with Crippen molar-refractivity contribution in [3.8, 4) is 0 Å². The monoisotopic (exact) mass is 310 g/mol. The van der Waals surface area contributed by atoms with Gasteiger partial charge in [-0.25, -0.2) is 4.98 Å². The summed E-state index contributed by atoms with van der Waals surface area (Å²) in [7, 11) is 0. The second kappa shape index (κ2) is 7.72. The molecule has 0 aromatic carbocycles. The minimum Gasteiger partial charge on any atom is -0.355 e. The highest BCUT2D eigenvalue weighted by atomic mass is 16.2. The average Bonchev–Trinajstić information content (AvgIpc) is 2.87. The van der Waals surface area contributed by atoms with Crippen LogP contribution in [0.1, 0.15) is 18.5 Å². The average molecular weight is 310 g/mol. The van der Waals surface area contributed by atoms with E-state index in [4.69, 9.17) is 0 Å². The van der Waals surface area contributed by atoms with Gasteiger partial charge in [0.25, 0.3) is 0 Å². The van der Waals surface area contributed by atoms with E-state index in [1.54, 1.807) is 6.20 Å². The Bertz CT molecular complexity index is 617. The summed E-state index contributed by atoms with van der Waals surface area (Å²) in [5, 5.41) is 0. The number of carbonyl (C=O) groups excluding carboxylic acids is 1. The van der Waals surface area contributed by atoms with Gasteiger partial charge < -0.3 is 9.80 Å². The number of nitrogens with zero attached hydrogens (tertiary/aromatic N) is 4. The topological polar surface area (TPSA) is 49.3 Å². The van der Waals surface area contributed by atoms with Crippen molar-refractivity contribution < 1.29 is 4.79 Å². The fourth-order valence-electron chi connectivity index (χ4n) is 2.88. The molecular weight excluding hydrogens is 288 g/mol. The molecule has 2 aromatic heterocycles. The van der Waals surface area contributed by atoms with Crippen LogP contribution in [-0.2, 0) is 11.2 Å². The summed E-state index contributed by atoms with van der Waals surface area (Å²) in [5.41, 5.74) is 0.978. The standard InChI is InChI=1S/C18H22N4O/c23-18(9-8-16-6-1-3-10-19-16)22-13-5-12-21(14-15-22)17-7-2-4-11-20-17/h1-4,6-7,10-11H,5,8-9,12-15H2. The Morgan fingerprint density at radius 3 is 2.52 bits per heavy atom. The van der Waals surface area contributed by atoms with Gasteiger partial charge in [-0.15, -0.1) is 0 Å². The molecule has 5 nitrogen and oxygen atoms in total. The number of amides is 1. The normalized spacial score (nSPS) is 15.3. The lowest BCUT2D eigenvalue weighted by Gasteiger charge is -2.22. The summed E-state index contributed by atoms with van der Waals surface area (Å²) < 4.78 is 0. The van der Waals surface area contributed by atoms with Crippen LogP contribution in [0.15, 0.2) is 48.8 Å². The summed E-state index contributed by atoms with van der Waals surface area (Å²) >= 11 is 0. The van der Waals surface area contributed by atoms with E-state index in [0.29, 0.717) is 12.8 Å². The van der Waals surface area contributed by atoms with Gasteiger partial charge in [0.05, 0.1) is 0 Å². The molecule has 1 aliphatic rings. The summed E-state index contributed by atoms with van der Waals surface area (Å²) in [4.78, 5) is 25.3. The van der Waals surface area contributed by atoms with Crippen LogP contribution < -0.4 is 4.90 Å². The lowest BCUT2D eigenvalue weighted by atomic mass is 10.2. The largest absolute Gasteiger partial charge is 0.355 e. The predicted octanol–water partition coefficient (Wildman–Crippen LogP) is 2.15. The molecule has 0 saturated carbocycles. The summed E-state index contributed by atoms with van der Waals surface area (Å²) in [6.07, 6.45) is 5.80. The predicted molar refractivity (Wildman–Crippen MR) is 90.2 cm³/mol. The third-order valence-corrected chi connectivity index (χ3v) is 4.14.